The fourth-order valence-corrected chi connectivity index (χ4v) is 7.67. The molecule has 4 aromatic rings. The Bertz CT molecular complexity index is 1790. The summed E-state index contributed by atoms with van der Waals surface area (Å²) in [6, 6.07) is 13.3. The predicted octanol–water partition coefficient (Wildman–Crippen LogP) is 4.24. The van der Waals surface area contributed by atoms with Crippen molar-refractivity contribution in [3.8, 4) is 11.6 Å². The summed E-state index contributed by atoms with van der Waals surface area (Å²) in [5, 5.41) is 27.4. The molecule has 1 saturated carbocycles. The van der Waals surface area contributed by atoms with E-state index >= 15 is 0 Å². The number of nitrogens with zero attached hydrogens (tertiary/aromatic N) is 3. The predicted molar refractivity (Wildman–Crippen MR) is 173 cm³/mol. The first-order chi connectivity index (χ1) is 22.5. The van der Waals surface area contributed by atoms with Gasteiger partial charge in [-0.25, -0.2) is 4.57 Å². The molecule has 1 saturated heterocycles. The molecule has 5 N–H and O–H groups in total. The van der Waals surface area contributed by atoms with Gasteiger partial charge in [0.15, 0.2) is 11.9 Å². The van der Waals surface area contributed by atoms with E-state index in [0.717, 1.165) is 37.5 Å². The summed E-state index contributed by atoms with van der Waals surface area (Å²) in [6.45, 7) is 2.45. The molecule has 2 aliphatic rings. The van der Waals surface area contributed by atoms with Crippen molar-refractivity contribution in [1.82, 2.24) is 19.6 Å². The summed E-state index contributed by atoms with van der Waals surface area (Å²) in [4.78, 5) is 21.4. The highest BCUT2D eigenvalue weighted by molar-refractivity contribution is 7.52. The lowest BCUT2D eigenvalue weighted by Crippen LogP contribution is -2.44. The van der Waals surface area contributed by atoms with Crippen LogP contribution in [0.25, 0.3) is 21.8 Å². The largest absolute Gasteiger partial charge is 0.480 e. The molecule has 1 aliphatic heterocycles. The number of nitrogen functional groups attached to an aromatic ring is 1. The van der Waals surface area contributed by atoms with Crippen molar-refractivity contribution in [2.24, 2.45) is 0 Å². The molecular formula is C32H40N5O9P. The van der Waals surface area contributed by atoms with E-state index in [0.29, 0.717) is 16.4 Å². The first kappa shape index (κ1) is 33.1. The number of ether oxygens (including phenoxy) is 3. The van der Waals surface area contributed by atoms with Gasteiger partial charge in [0.05, 0.1) is 19.1 Å². The minimum atomic E-state index is -4.35. The number of carbonyl (C=O) groups is 1. The Labute approximate surface area is 271 Å². The number of rotatable bonds is 11. The minimum absolute atomic E-state index is 0.0545. The van der Waals surface area contributed by atoms with Gasteiger partial charge in [-0.2, -0.15) is 15.1 Å². The van der Waals surface area contributed by atoms with Crippen molar-refractivity contribution in [3.05, 3.63) is 54.7 Å². The lowest BCUT2D eigenvalue weighted by atomic mass is 9.96. The summed E-state index contributed by atoms with van der Waals surface area (Å²) < 4.78 is 45.0. The van der Waals surface area contributed by atoms with Crippen LogP contribution in [0.4, 0.5) is 5.95 Å². The standard InChI is InChI=1S/C32H40N5O9P/c1-19(29(39)44-21-12-5-4-6-13-21)36-47(41,46-24-15-9-11-20-10-7-8-14-22(20)24)43-18-25-26(38)32(2,40)30(45-25)37-17-16-23-27(37)34-31(33)35-28(23)42-3/h7-11,14-17,19,21,25-26,30,38,40H,4-6,12-13,18H2,1-3H3,(H,36,41)(H2,33,34,35)/t19-,25+,26+,30+,32+,47?/m0/s1. The molecule has 6 rings (SSSR count). The molecule has 47 heavy (non-hydrogen) atoms. The van der Waals surface area contributed by atoms with Gasteiger partial charge in [0.2, 0.25) is 11.8 Å². The number of aliphatic hydroxyl groups is 2. The van der Waals surface area contributed by atoms with Crippen molar-refractivity contribution in [3.63, 3.8) is 0 Å². The fraction of sp³-hybridized carbons (Fsp3) is 0.469. The van der Waals surface area contributed by atoms with Crippen LogP contribution in [0.1, 0.15) is 52.2 Å². The Morgan fingerprint density at radius 3 is 2.66 bits per heavy atom. The lowest BCUT2D eigenvalue weighted by Gasteiger charge is -2.28. The zero-order valence-electron chi connectivity index (χ0n) is 26.4. The average molecular weight is 670 g/mol. The number of anilines is 1. The number of esters is 1. The van der Waals surface area contributed by atoms with Gasteiger partial charge in [0.25, 0.3) is 0 Å². The smallest absolute Gasteiger partial charge is 0.459 e. The molecule has 0 amide bonds. The molecule has 0 bridgehead atoms. The highest BCUT2D eigenvalue weighted by Crippen LogP contribution is 2.49. The van der Waals surface area contributed by atoms with E-state index in [1.54, 1.807) is 24.4 Å². The number of fused-ring (bicyclic) bond motifs is 2. The summed E-state index contributed by atoms with van der Waals surface area (Å²) in [6.07, 6.45) is 2.19. The molecule has 6 atom stereocenters. The first-order valence-corrected chi connectivity index (χ1v) is 17.2. The summed E-state index contributed by atoms with van der Waals surface area (Å²) in [5.74, 6) is -0.146. The van der Waals surface area contributed by atoms with Crippen LogP contribution in [0.3, 0.4) is 0 Å². The van der Waals surface area contributed by atoms with Gasteiger partial charge < -0.3 is 39.2 Å². The first-order valence-electron chi connectivity index (χ1n) is 15.6. The average Bonchev–Trinajstić information content (AvgIpc) is 3.57. The third kappa shape index (κ3) is 6.80. The molecule has 1 unspecified atom stereocenters. The maximum Gasteiger partial charge on any atom is 0.459 e. The van der Waals surface area contributed by atoms with E-state index in [4.69, 9.17) is 29.0 Å². The van der Waals surface area contributed by atoms with E-state index in [1.807, 2.05) is 30.3 Å². The summed E-state index contributed by atoms with van der Waals surface area (Å²) in [7, 11) is -2.90. The number of nitrogens with two attached hydrogens (primary N) is 1. The molecule has 15 heteroatoms. The number of carbonyl (C=O) groups excluding carboxylic acids is 1. The second-order valence-corrected chi connectivity index (χ2v) is 13.9. The van der Waals surface area contributed by atoms with Gasteiger partial charge in [-0.1, -0.05) is 42.8 Å². The van der Waals surface area contributed by atoms with E-state index in [9.17, 15) is 19.6 Å². The number of aliphatic hydroxyl groups excluding tert-OH is 1. The second-order valence-electron chi connectivity index (χ2n) is 12.2. The van der Waals surface area contributed by atoms with E-state index < -0.39 is 50.4 Å². The normalized spacial score (nSPS) is 25.4. The topological polar surface area (TPSA) is 190 Å². The number of methoxy groups -OCH3 is 1. The quantitative estimate of drug-likeness (QED) is 0.131. The zero-order chi connectivity index (χ0) is 33.3. The van der Waals surface area contributed by atoms with Crippen LogP contribution in [-0.4, -0.2) is 74.4 Å². The SMILES string of the molecule is COc1nc(N)nc2c1ccn2[C@@H]1O[C@H](COP(=O)(N[C@@H](C)C(=O)OC2CCCCC2)Oc2cccc3ccccc23)[C@@H](O)[C@@]1(C)O. The number of nitrogens with one attached hydrogen (secondary N) is 1. The van der Waals surface area contributed by atoms with Crippen LogP contribution in [0.5, 0.6) is 11.6 Å². The maximum atomic E-state index is 14.4. The number of hydrogen-bond donors (Lipinski definition) is 4. The van der Waals surface area contributed by atoms with Crippen LogP contribution < -0.4 is 20.1 Å². The van der Waals surface area contributed by atoms with Gasteiger partial charge in [0.1, 0.15) is 35.7 Å². The van der Waals surface area contributed by atoms with Gasteiger partial charge >= 0.3 is 13.7 Å². The van der Waals surface area contributed by atoms with Crippen LogP contribution in [0, 0.1) is 0 Å². The van der Waals surface area contributed by atoms with Crippen LogP contribution in [-0.2, 0) is 23.4 Å². The molecule has 252 valence electrons. The van der Waals surface area contributed by atoms with Crippen molar-refractivity contribution in [2.45, 2.75) is 82.1 Å². The van der Waals surface area contributed by atoms with Crippen molar-refractivity contribution in [2.75, 3.05) is 19.5 Å². The summed E-state index contributed by atoms with van der Waals surface area (Å²) in [5.41, 5.74) is 4.34. The number of hydrogen-bond acceptors (Lipinski definition) is 12. The number of aromatic nitrogens is 3. The Morgan fingerprint density at radius 1 is 1.15 bits per heavy atom. The van der Waals surface area contributed by atoms with Gasteiger partial charge in [0, 0.05) is 11.6 Å². The van der Waals surface area contributed by atoms with E-state index in [2.05, 4.69) is 15.1 Å². The Morgan fingerprint density at radius 2 is 1.89 bits per heavy atom. The van der Waals surface area contributed by atoms with E-state index in [1.165, 1.54) is 25.5 Å². The van der Waals surface area contributed by atoms with Crippen molar-refractivity contribution in [1.29, 1.82) is 0 Å². The third-order valence-corrected chi connectivity index (χ3v) is 10.3. The van der Waals surface area contributed by atoms with Crippen molar-refractivity contribution < 1.29 is 42.8 Å². The van der Waals surface area contributed by atoms with E-state index in [-0.39, 0.29) is 23.7 Å². The Kier molecular flexibility index (Phi) is 9.43. The zero-order valence-corrected chi connectivity index (χ0v) is 27.3. The van der Waals surface area contributed by atoms with Gasteiger partial charge in [-0.05, 0) is 57.0 Å². The molecule has 2 aromatic carbocycles. The monoisotopic (exact) mass is 669 g/mol. The Hall–Kier alpha value is -3.78. The van der Waals surface area contributed by atoms with Crippen LogP contribution in [0.2, 0.25) is 0 Å². The molecule has 0 radical (unpaired) electrons. The molecule has 3 heterocycles. The van der Waals surface area contributed by atoms with Crippen molar-refractivity contribution >= 4 is 41.5 Å². The molecule has 2 fully saturated rings. The highest BCUT2D eigenvalue weighted by Gasteiger charge is 2.54. The molecule has 14 nitrogen and oxygen atoms in total. The van der Waals surface area contributed by atoms with Crippen LogP contribution in [0.15, 0.2) is 54.7 Å². The molecule has 0 spiro atoms. The Balaban J connectivity index is 1.24. The molecule has 2 aromatic heterocycles. The molecular weight excluding hydrogens is 629 g/mol. The van der Waals surface area contributed by atoms with Gasteiger partial charge in [-0.3, -0.25) is 9.32 Å². The summed E-state index contributed by atoms with van der Waals surface area (Å²) >= 11 is 0. The highest BCUT2D eigenvalue weighted by atomic mass is 31.2. The fourth-order valence-electron chi connectivity index (χ4n) is 6.15. The van der Waals surface area contributed by atoms with Crippen LogP contribution >= 0.6 is 7.75 Å². The third-order valence-electron chi connectivity index (χ3n) is 8.67. The van der Waals surface area contributed by atoms with Gasteiger partial charge in [-0.15, -0.1) is 0 Å². The maximum absolute atomic E-state index is 14.4. The minimum Gasteiger partial charge on any atom is -0.480 e. The number of benzene rings is 2. The lowest BCUT2D eigenvalue weighted by molar-refractivity contribution is -0.152. The molecule has 1 aliphatic carbocycles. The second kappa shape index (κ2) is 13.4.